The number of rotatable bonds is 2. The molecule has 15 heavy (non-hydrogen) atoms. The molecule has 0 unspecified atom stereocenters. The Kier molecular flexibility index (Phi) is 2.60. The number of terminal acetylenes is 1. The van der Waals surface area contributed by atoms with Crippen molar-refractivity contribution < 1.29 is 4.79 Å². The summed E-state index contributed by atoms with van der Waals surface area (Å²) in [5, 5.41) is 0. The summed E-state index contributed by atoms with van der Waals surface area (Å²) in [5.74, 6) is 2.85. The van der Waals surface area contributed by atoms with Crippen molar-refractivity contribution in [3.8, 4) is 12.3 Å². The third kappa shape index (κ3) is 1.68. The maximum atomic E-state index is 12.3. The van der Waals surface area contributed by atoms with Gasteiger partial charge in [-0.2, -0.15) is 0 Å². The molecule has 1 aliphatic carbocycles. The highest BCUT2D eigenvalue weighted by molar-refractivity contribution is 6.02. The summed E-state index contributed by atoms with van der Waals surface area (Å²) in [6.07, 6.45) is 9.37. The Morgan fingerprint density at radius 1 is 1.20 bits per heavy atom. The van der Waals surface area contributed by atoms with Gasteiger partial charge in [-0.3, -0.25) is 4.79 Å². The van der Waals surface area contributed by atoms with E-state index in [9.17, 15) is 4.79 Å². The van der Waals surface area contributed by atoms with Gasteiger partial charge in [0.05, 0.1) is 5.41 Å². The summed E-state index contributed by atoms with van der Waals surface area (Å²) < 4.78 is 0. The highest BCUT2D eigenvalue weighted by atomic mass is 16.1. The maximum absolute atomic E-state index is 12.3. The molecule has 1 fully saturated rings. The molecule has 0 N–H and O–H groups in total. The second-order valence-corrected chi connectivity index (χ2v) is 4.13. The standard InChI is InChI=1S/C14H14O/c1-2-14(10-6-7-11-14)13(15)12-8-4-3-5-9-12/h1,3-5,8-9H,6-7,10-11H2. The van der Waals surface area contributed by atoms with E-state index in [-0.39, 0.29) is 5.78 Å². The van der Waals surface area contributed by atoms with Crippen LogP contribution in [0.3, 0.4) is 0 Å². The van der Waals surface area contributed by atoms with Crippen LogP contribution in [0.15, 0.2) is 30.3 Å². The largest absolute Gasteiger partial charge is 0.292 e. The lowest BCUT2D eigenvalue weighted by atomic mass is 9.79. The second kappa shape index (κ2) is 3.90. The fourth-order valence-corrected chi connectivity index (χ4v) is 2.28. The molecule has 0 saturated heterocycles. The van der Waals surface area contributed by atoms with Crippen molar-refractivity contribution in [2.24, 2.45) is 5.41 Å². The van der Waals surface area contributed by atoms with Crippen LogP contribution >= 0.6 is 0 Å². The van der Waals surface area contributed by atoms with Gasteiger partial charge in [0.15, 0.2) is 5.78 Å². The van der Waals surface area contributed by atoms with E-state index < -0.39 is 5.41 Å². The van der Waals surface area contributed by atoms with Crippen molar-refractivity contribution >= 4 is 5.78 Å². The zero-order valence-electron chi connectivity index (χ0n) is 8.70. The van der Waals surface area contributed by atoms with E-state index in [1.165, 1.54) is 0 Å². The highest BCUT2D eigenvalue weighted by Crippen LogP contribution is 2.40. The molecular formula is C14H14O. The molecule has 1 nitrogen and oxygen atoms in total. The van der Waals surface area contributed by atoms with E-state index in [1.54, 1.807) is 0 Å². The first kappa shape index (κ1) is 9.98. The van der Waals surface area contributed by atoms with Crippen LogP contribution in [0.4, 0.5) is 0 Å². The van der Waals surface area contributed by atoms with Crippen LogP contribution in [0.1, 0.15) is 36.0 Å². The summed E-state index contributed by atoms with van der Waals surface area (Å²) >= 11 is 0. The average Bonchev–Trinajstić information content (AvgIpc) is 2.79. The van der Waals surface area contributed by atoms with Crippen LogP contribution < -0.4 is 0 Å². The van der Waals surface area contributed by atoms with Crippen molar-refractivity contribution in [1.82, 2.24) is 0 Å². The number of ketones is 1. The van der Waals surface area contributed by atoms with Crippen molar-refractivity contribution in [1.29, 1.82) is 0 Å². The Balaban J connectivity index is 2.32. The van der Waals surface area contributed by atoms with Crippen LogP contribution in [-0.2, 0) is 0 Å². The molecule has 76 valence electrons. The lowest BCUT2D eigenvalue weighted by molar-refractivity contribution is 0.0867. The quantitative estimate of drug-likeness (QED) is 0.527. The Morgan fingerprint density at radius 2 is 1.80 bits per heavy atom. The molecular weight excluding hydrogens is 184 g/mol. The molecule has 1 aliphatic rings. The molecule has 1 aromatic carbocycles. The van der Waals surface area contributed by atoms with Gasteiger partial charge >= 0.3 is 0 Å². The van der Waals surface area contributed by atoms with Crippen molar-refractivity contribution in [2.75, 3.05) is 0 Å². The minimum atomic E-state index is -0.513. The van der Waals surface area contributed by atoms with Gasteiger partial charge < -0.3 is 0 Å². The maximum Gasteiger partial charge on any atom is 0.180 e. The second-order valence-electron chi connectivity index (χ2n) is 4.13. The van der Waals surface area contributed by atoms with E-state index in [2.05, 4.69) is 5.92 Å². The molecule has 0 amide bonds. The Hall–Kier alpha value is -1.55. The number of hydrogen-bond acceptors (Lipinski definition) is 1. The lowest BCUT2D eigenvalue weighted by Crippen LogP contribution is -2.26. The fourth-order valence-electron chi connectivity index (χ4n) is 2.28. The van der Waals surface area contributed by atoms with Gasteiger partial charge in [-0.1, -0.05) is 49.1 Å². The van der Waals surface area contributed by atoms with E-state index in [1.807, 2.05) is 30.3 Å². The third-order valence-corrected chi connectivity index (χ3v) is 3.20. The van der Waals surface area contributed by atoms with Gasteiger partial charge in [0.25, 0.3) is 0 Å². The number of carbonyl (C=O) groups excluding carboxylic acids is 1. The summed E-state index contributed by atoms with van der Waals surface area (Å²) in [7, 11) is 0. The van der Waals surface area contributed by atoms with Gasteiger partial charge in [0.1, 0.15) is 0 Å². The van der Waals surface area contributed by atoms with Crippen molar-refractivity contribution in [3.05, 3.63) is 35.9 Å². The zero-order valence-corrected chi connectivity index (χ0v) is 8.70. The minimum absolute atomic E-state index is 0.128. The van der Waals surface area contributed by atoms with Gasteiger partial charge in [-0.05, 0) is 12.8 Å². The summed E-state index contributed by atoms with van der Waals surface area (Å²) in [5.41, 5.74) is 0.235. The van der Waals surface area contributed by atoms with Gasteiger partial charge in [-0.15, -0.1) is 6.42 Å². The predicted octanol–water partition coefficient (Wildman–Crippen LogP) is 3.06. The normalized spacial score (nSPS) is 18.3. The first-order valence-electron chi connectivity index (χ1n) is 5.36. The van der Waals surface area contributed by atoms with Crippen LogP contribution in [0.25, 0.3) is 0 Å². The average molecular weight is 198 g/mol. The zero-order chi connectivity index (χ0) is 10.7. The summed E-state index contributed by atoms with van der Waals surface area (Å²) in [4.78, 5) is 12.3. The molecule has 0 radical (unpaired) electrons. The van der Waals surface area contributed by atoms with Crippen molar-refractivity contribution in [3.63, 3.8) is 0 Å². The van der Waals surface area contributed by atoms with E-state index in [0.29, 0.717) is 0 Å². The monoisotopic (exact) mass is 198 g/mol. The van der Waals surface area contributed by atoms with Gasteiger partial charge in [-0.25, -0.2) is 0 Å². The topological polar surface area (TPSA) is 17.1 Å². The molecule has 0 bridgehead atoms. The molecule has 2 rings (SSSR count). The molecule has 0 spiro atoms. The first-order valence-corrected chi connectivity index (χ1v) is 5.36. The molecule has 0 heterocycles. The molecule has 0 aromatic heterocycles. The molecule has 1 heteroatoms. The molecule has 1 aromatic rings. The SMILES string of the molecule is C#CC1(C(=O)c2ccccc2)CCCC1. The molecule has 0 atom stereocenters. The van der Waals surface area contributed by atoms with Crippen LogP contribution in [0.5, 0.6) is 0 Å². The highest BCUT2D eigenvalue weighted by Gasteiger charge is 2.39. The van der Waals surface area contributed by atoms with E-state index >= 15 is 0 Å². The van der Waals surface area contributed by atoms with Gasteiger partial charge in [0.2, 0.25) is 0 Å². The number of benzene rings is 1. The van der Waals surface area contributed by atoms with Crippen LogP contribution in [-0.4, -0.2) is 5.78 Å². The Labute approximate surface area is 90.5 Å². The number of carbonyl (C=O) groups is 1. The van der Waals surface area contributed by atoms with Crippen LogP contribution in [0, 0.1) is 17.8 Å². The van der Waals surface area contributed by atoms with E-state index in [4.69, 9.17) is 6.42 Å². The predicted molar refractivity (Wildman–Crippen MR) is 60.5 cm³/mol. The summed E-state index contributed by atoms with van der Waals surface area (Å²) in [6.45, 7) is 0. The third-order valence-electron chi connectivity index (χ3n) is 3.20. The van der Waals surface area contributed by atoms with E-state index in [0.717, 1.165) is 31.2 Å². The smallest absolute Gasteiger partial charge is 0.180 e. The van der Waals surface area contributed by atoms with Crippen molar-refractivity contribution in [2.45, 2.75) is 25.7 Å². The fraction of sp³-hybridized carbons (Fsp3) is 0.357. The number of Topliss-reactive ketones (excluding diaryl/α,β-unsaturated/α-hetero) is 1. The lowest BCUT2D eigenvalue weighted by Gasteiger charge is -2.20. The summed E-state index contributed by atoms with van der Waals surface area (Å²) in [6, 6.07) is 9.37. The first-order chi connectivity index (χ1) is 7.28. The van der Waals surface area contributed by atoms with Crippen LogP contribution in [0.2, 0.25) is 0 Å². The Bertz CT molecular complexity index is 391. The molecule has 0 aliphatic heterocycles. The minimum Gasteiger partial charge on any atom is -0.292 e. The number of hydrogen-bond donors (Lipinski definition) is 0. The molecule has 1 saturated carbocycles. The Morgan fingerprint density at radius 3 is 2.33 bits per heavy atom. The van der Waals surface area contributed by atoms with Gasteiger partial charge in [0, 0.05) is 5.56 Å².